The Morgan fingerprint density at radius 1 is 0.854 bits per heavy atom. The number of nitrogens with one attached hydrogen (secondary N) is 1. The van der Waals surface area contributed by atoms with Gasteiger partial charge in [-0.2, -0.15) is 4.68 Å². The van der Waals surface area contributed by atoms with Crippen molar-refractivity contribution in [3.63, 3.8) is 0 Å². The molecule has 3 heterocycles. The van der Waals surface area contributed by atoms with Gasteiger partial charge in [0.15, 0.2) is 11.2 Å². The van der Waals surface area contributed by atoms with Crippen LogP contribution in [-0.2, 0) is 6.54 Å². The molecule has 0 amide bonds. The van der Waals surface area contributed by atoms with Crippen LogP contribution in [0.25, 0.3) is 33.7 Å². The van der Waals surface area contributed by atoms with Crippen molar-refractivity contribution in [3.8, 4) is 22.5 Å². The molecule has 0 unspecified atom stereocenters. The lowest BCUT2D eigenvalue weighted by Gasteiger charge is -2.22. The van der Waals surface area contributed by atoms with Crippen molar-refractivity contribution >= 4 is 11.2 Å². The molecule has 10 heteroatoms. The molecule has 204 valence electrons. The van der Waals surface area contributed by atoms with Gasteiger partial charge >= 0.3 is 5.69 Å². The Morgan fingerprint density at radius 3 is 2.37 bits per heavy atom. The lowest BCUT2D eigenvalue weighted by Crippen LogP contribution is -2.30. The third-order valence-corrected chi connectivity index (χ3v) is 7.92. The van der Waals surface area contributed by atoms with Crippen molar-refractivity contribution in [2.45, 2.75) is 44.6 Å². The molecule has 1 fully saturated rings. The zero-order chi connectivity index (χ0) is 27.8. The number of rotatable bonds is 6. The van der Waals surface area contributed by atoms with Gasteiger partial charge in [-0.25, -0.2) is 14.3 Å². The summed E-state index contributed by atoms with van der Waals surface area (Å²) >= 11 is 0. The predicted octanol–water partition coefficient (Wildman–Crippen LogP) is 4.61. The van der Waals surface area contributed by atoms with Gasteiger partial charge < -0.3 is 4.57 Å². The number of tetrazole rings is 1. The monoisotopic (exact) mass is 544 g/mol. The Bertz CT molecular complexity index is 1930. The standard InChI is InChI=1S/C31H28N8O2/c40-30-27-29(39(31(41)34-30)24-11-5-2-6-12-24)33-28(23-9-3-1-4-10-23)37(27)19-21-15-17-22(18-16-21)25-13-7-8-14-26(25)38-20-32-35-36-38/h2,5-8,11-18,20,23H,1,3-4,9-10,19H2,(H,34,40,41). The van der Waals surface area contributed by atoms with E-state index < -0.39 is 11.2 Å². The predicted molar refractivity (Wildman–Crippen MR) is 155 cm³/mol. The average Bonchev–Trinajstić information content (AvgIpc) is 3.68. The average molecular weight is 545 g/mol. The highest BCUT2D eigenvalue weighted by atomic mass is 16.2. The molecule has 6 aromatic rings. The maximum atomic E-state index is 13.3. The fourth-order valence-corrected chi connectivity index (χ4v) is 5.96. The largest absolute Gasteiger partial charge is 0.334 e. The minimum absolute atomic E-state index is 0.234. The number of hydrogen-bond acceptors (Lipinski definition) is 6. The van der Waals surface area contributed by atoms with E-state index >= 15 is 0 Å². The maximum Gasteiger partial charge on any atom is 0.334 e. The first-order valence-corrected chi connectivity index (χ1v) is 13.9. The lowest BCUT2D eigenvalue weighted by atomic mass is 9.88. The summed E-state index contributed by atoms with van der Waals surface area (Å²) in [6, 6.07) is 25.6. The first kappa shape index (κ1) is 24.9. The van der Waals surface area contributed by atoms with Gasteiger partial charge in [0.1, 0.15) is 12.2 Å². The number of para-hydroxylation sites is 2. The number of H-pyrrole nitrogens is 1. The number of imidazole rings is 1. The molecule has 1 saturated carbocycles. The van der Waals surface area contributed by atoms with Crippen LogP contribution in [0.2, 0.25) is 0 Å². The van der Waals surface area contributed by atoms with Crippen LogP contribution in [0.3, 0.4) is 0 Å². The second-order valence-corrected chi connectivity index (χ2v) is 10.5. The van der Waals surface area contributed by atoms with E-state index in [9.17, 15) is 9.59 Å². The van der Waals surface area contributed by atoms with Crippen molar-refractivity contribution in [3.05, 3.63) is 117 Å². The molecule has 41 heavy (non-hydrogen) atoms. The summed E-state index contributed by atoms with van der Waals surface area (Å²) in [4.78, 5) is 33.9. The molecular formula is C31H28N8O2. The Kier molecular flexibility index (Phi) is 6.35. The Labute approximate surface area is 234 Å². The molecule has 1 aliphatic rings. The van der Waals surface area contributed by atoms with E-state index in [1.54, 1.807) is 11.0 Å². The zero-order valence-electron chi connectivity index (χ0n) is 22.3. The van der Waals surface area contributed by atoms with E-state index in [-0.39, 0.29) is 5.92 Å². The van der Waals surface area contributed by atoms with Crippen LogP contribution >= 0.6 is 0 Å². The fraction of sp³-hybridized carbons (Fsp3) is 0.226. The fourth-order valence-electron chi connectivity index (χ4n) is 5.96. The molecule has 0 spiro atoms. The quantitative estimate of drug-likeness (QED) is 0.327. The van der Waals surface area contributed by atoms with E-state index in [2.05, 4.69) is 44.8 Å². The molecule has 7 rings (SSSR count). The molecule has 1 N–H and O–H groups in total. The first-order valence-electron chi connectivity index (χ1n) is 13.9. The number of aromatic nitrogens is 8. The highest BCUT2D eigenvalue weighted by Crippen LogP contribution is 2.34. The topological polar surface area (TPSA) is 116 Å². The Balaban J connectivity index is 1.33. The van der Waals surface area contributed by atoms with Crippen LogP contribution in [0.4, 0.5) is 0 Å². The zero-order valence-corrected chi connectivity index (χ0v) is 22.3. The van der Waals surface area contributed by atoms with E-state index in [1.807, 2.05) is 59.2 Å². The molecule has 0 radical (unpaired) electrons. The van der Waals surface area contributed by atoms with Gasteiger partial charge in [0.05, 0.1) is 11.4 Å². The molecule has 1 aliphatic carbocycles. The highest BCUT2D eigenvalue weighted by Gasteiger charge is 2.26. The van der Waals surface area contributed by atoms with Crippen LogP contribution in [0.15, 0.2) is 94.8 Å². The summed E-state index contributed by atoms with van der Waals surface area (Å²) < 4.78 is 5.18. The van der Waals surface area contributed by atoms with Crippen molar-refractivity contribution < 1.29 is 0 Å². The van der Waals surface area contributed by atoms with E-state index in [4.69, 9.17) is 4.98 Å². The van der Waals surface area contributed by atoms with E-state index in [0.29, 0.717) is 23.4 Å². The van der Waals surface area contributed by atoms with Crippen molar-refractivity contribution in [2.24, 2.45) is 0 Å². The number of fused-ring (bicyclic) bond motifs is 1. The van der Waals surface area contributed by atoms with Crippen LogP contribution in [0.5, 0.6) is 0 Å². The third-order valence-electron chi connectivity index (χ3n) is 7.92. The summed E-state index contributed by atoms with van der Waals surface area (Å²) in [5.74, 6) is 1.10. The van der Waals surface area contributed by atoms with Gasteiger partial charge in [-0.1, -0.05) is 79.9 Å². The minimum atomic E-state index is -0.487. The number of nitrogens with zero attached hydrogens (tertiary/aromatic N) is 7. The molecular weight excluding hydrogens is 516 g/mol. The van der Waals surface area contributed by atoms with Gasteiger partial charge in [0.2, 0.25) is 0 Å². The van der Waals surface area contributed by atoms with Gasteiger partial charge in [0, 0.05) is 18.0 Å². The Hall–Kier alpha value is -5.12. The van der Waals surface area contributed by atoms with Crippen LogP contribution in [0, 0.1) is 0 Å². The number of benzene rings is 3. The number of aromatic amines is 1. The summed E-state index contributed by atoms with van der Waals surface area (Å²) in [5, 5.41) is 11.6. The summed E-state index contributed by atoms with van der Waals surface area (Å²) in [7, 11) is 0. The molecule has 3 aromatic heterocycles. The summed E-state index contributed by atoms with van der Waals surface area (Å²) in [5.41, 5.74) is 4.53. The summed E-state index contributed by atoms with van der Waals surface area (Å²) in [6.45, 7) is 0.466. The van der Waals surface area contributed by atoms with Crippen LogP contribution < -0.4 is 11.2 Å². The van der Waals surface area contributed by atoms with Crippen molar-refractivity contribution in [1.82, 2.24) is 39.3 Å². The molecule has 0 aliphatic heterocycles. The van der Waals surface area contributed by atoms with E-state index in [0.717, 1.165) is 53.9 Å². The van der Waals surface area contributed by atoms with Crippen molar-refractivity contribution in [2.75, 3.05) is 0 Å². The highest BCUT2D eigenvalue weighted by molar-refractivity contribution is 5.74. The normalized spacial score (nSPS) is 14.0. The first-order chi connectivity index (χ1) is 20.2. The lowest BCUT2D eigenvalue weighted by molar-refractivity contribution is 0.420. The Morgan fingerprint density at radius 2 is 1.61 bits per heavy atom. The SMILES string of the molecule is O=c1[nH]c(=O)n(-c2ccccc2)c2nc(C3CCCCC3)n(Cc3ccc(-c4ccccc4-n4cnnn4)cc3)c12. The molecule has 3 aromatic carbocycles. The van der Waals surface area contributed by atoms with Gasteiger partial charge in [-0.3, -0.25) is 9.78 Å². The molecule has 10 nitrogen and oxygen atoms in total. The van der Waals surface area contributed by atoms with Gasteiger partial charge in [-0.05, 0) is 52.6 Å². The molecule has 0 bridgehead atoms. The summed E-state index contributed by atoms with van der Waals surface area (Å²) in [6.07, 6.45) is 7.08. The van der Waals surface area contributed by atoms with Gasteiger partial charge in [0.25, 0.3) is 5.56 Å². The van der Waals surface area contributed by atoms with Crippen molar-refractivity contribution in [1.29, 1.82) is 0 Å². The maximum absolute atomic E-state index is 13.3. The van der Waals surface area contributed by atoms with Crippen LogP contribution in [-0.4, -0.2) is 39.3 Å². The third kappa shape index (κ3) is 4.57. The second kappa shape index (κ2) is 10.5. The minimum Gasteiger partial charge on any atom is -0.317 e. The smallest absolute Gasteiger partial charge is 0.317 e. The number of hydrogen-bond donors (Lipinski definition) is 1. The van der Waals surface area contributed by atoms with Gasteiger partial charge in [-0.15, -0.1) is 5.10 Å². The van der Waals surface area contributed by atoms with Crippen LogP contribution in [0.1, 0.15) is 49.4 Å². The molecule has 0 atom stereocenters. The van der Waals surface area contributed by atoms with E-state index in [1.165, 1.54) is 11.0 Å². The second-order valence-electron chi connectivity index (χ2n) is 10.5. The molecule has 0 saturated heterocycles.